The number of carbonyl (C=O) groups is 1. The molecule has 0 saturated heterocycles. The largest absolute Gasteiger partial charge is 0.296 e. The number of hydrogen-bond donors (Lipinski definition) is 0. The number of aromatic nitrogens is 4. The molecule has 0 bridgehead atoms. The normalized spacial score (nSPS) is 10.9. The van der Waals surface area contributed by atoms with Crippen LogP contribution in [0.3, 0.4) is 0 Å². The minimum atomic E-state index is 0.542. The molecule has 3 rings (SSSR count). The number of thiazole rings is 1. The van der Waals surface area contributed by atoms with Crippen LogP contribution in [0.5, 0.6) is 0 Å². The van der Waals surface area contributed by atoms with Gasteiger partial charge in [0.25, 0.3) is 0 Å². The summed E-state index contributed by atoms with van der Waals surface area (Å²) in [5.74, 6) is 0. The maximum absolute atomic E-state index is 11.1. The molecule has 0 atom stereocenters. The van der Waals surface area contributed by atoms with E-state index in [2.05, 4.69) is 15.0 Å². The predicted molar refractivity (Wildman–Crippen MR) is 69.3 cm³/mol. The average Bonchev–Trinajstić information content (AvgIpc) is 2.92. The molecule has 5 nitrogen and oxygen atoms in total. The molecule has 0 N–H and O–H groups in total. The molecule has 90 valence electrons. The summed E-state index contributed by atoms with van der Waals surface area (Å²) in [6, 6.07) is 0. The number of aryl methyl sites for hydroxylation is 1. The fraction of sp³-hybridized carbons (Fsp3) is 0.0909. The number of aldehydes is 1. The highest BCUT2D eigenvalue weighted by Gasteiger charge is 2.14. The second-order valence-corrected chi connectivity index (χ2v) is 5.45. The summed E-state index contributed by atoms with van der Waals surface area (Å²) in [5.41, 5.74) is 1.54. The molecule has 0 radical (unpaired) electrons. The highest BCUT2D eigenvalue weighted by molar-refractivity contribution is 7.99. The van der Waals surface area contributed by atoms with Crippen LogP contribution < -0.4 is 0 Å². The molecule has 3 aromatic heterocycles. The summed E-state index contributed by atoms with van der Waals surface area (Å²) in [6.07, 6.45) is 6.13. The van der Waals surface area contributed by atoms with Crippen LogP contribution in [0.2, 0.25) is 0 Å². The van der Waals surface area contributed by atoms with Crippen molar-refractivity contribution in [2.45, 2.75) is 17.1 Å². The van der Waals surface area contributed by atoms with E-state index in [0.29, 0.717) is 15.9 Å². The SMILES string of the molecule is Cc1cnc(Sc2nc3sccn3c2C=O)nc1. The fourth-order valence-corrected chi connectivity index (χ4v) is 3.03. The monoisotopic (exact) mass is 276 g/mol. The van der Waals surface area contributed by atoms with E-state index in [4.69, 9.17) is 0 Å². The van der Waals surface area contributed by atoms with E-state index in [0.717, 1.165) is 16.8 Å². The zero-order chi connectivity index (χ0) is 12.5. The fourth-order valence-electron chi connectivity index (χ4n) is 1.49. The highest BCUT2D eigenvalue weighted by Crippen LogP contribution is 2.28. The van der Waals surface area contributed by atoms with Gasteiger partial charge >= 0.3 is 0 Å². The summed E-state index contributed by atoms with van der Waals surface area (Å²) >= 11 is 2.79. The Hall–Kier alpha value is -1.73. The molecule has 0 aromatic carbocycles. The Kier molecular flexibility index (Phi) is 2.85. The Morgan fingerprint density at radius 2 is 2.17 bits per heavy atom. The van der Waals surface area contributed by atoms with E-state index in [1.54, 1.807) is 16.8 Å². The molecule has 0 unspecified atom stereocenters. The molecular weight excluding hydrogens is 268 g/mol. The molecule has 7 heteroatoms. The molecule has 18 heavy (non-hydrogen) atoms. The van der Waals surface area contributed by atoms with Crippen molar-refractivity contribution in [2.24, 2.45) is 0 Å². The molecule has 3 heterocycles. The van der Waals surface area contributed by atoms with Gasteiger partial charge in [-0.1, -0.05) is 0 Å². The zero-order valence-corrected chi connectivity index (χ0v) is 11.0. The van der Waals surface area contributed by atoms with Gasteiger partial charge in [0, 0.05) is 24.0 Å². The second kappa shape index (κ2) is 4.51. The van der Waals surface area contributed by atoms with Crippen LogP contribution in [0.15, 0.2) is 34.2 Å². The average molecular weight is 276 g/mol. The Bertz CT molecular complexity index is 701. The maximum Gasteiger partial charge on any atom is 0.195 e. The van der Waals surface area contributed by atoms with Crippen LogP contribution in [-0.2, 0) is 0 Å². The van der Waals surface area contributed by atoms with Crippen molar-refractivity contribution in [3.05, 3.63) is 35.2 Å². The first-order valence-corrected chi connectivity index (χ1v) is 6.85. The third-order valence-electron chi connectivity index (χ3n) is 2.32. The molecule has 0 aliphatic rings. The Labute approximate surface area is 111 Å². The lowest BCUT2D eigenvalue weighted by molar-refractivity contribution is 0.111. The van der Waals surface area contributed by atoms with E-state index in [-0.39, 0.29) is 0 Å². The summed E-state index contributed by atoms with van der Waals surface area (Å²) in [7, 11) is 0. The van der Waals surface area contributed by atoms with Gasteiger partial charge in [-0.25, -0.2) is 15.0 Å². The summed E-state index contributed by atoms with van der Waals surface area (Å²) < 4.78 is 1.77. The Morgan fingerprint density at radius 3 is 2.89 bits per heavy atom. The van der Waals surface area contributed by atoms with E-state index in [1.165, 1.54) is 23.1 Å². The van der Waals surface area contributed by atoms with Gasteiger partial charge in [-0.05, 0) is 24.2 Å². The van der Waals surface area contributed by atoms with Gasteiger partial charge in [-0.3, -0.25) is 9.20 Å². The van der Waals surface area contributed by atoms with Crippen LogP contribution >= 0.6 is 23.1 Å². The summed E-state index contributed by atoms with van der Waals surface area (Å²) in [4.78, 5) is 24.7. The van der Waals surface area contributed by atoms with Crippen LogP contribution in [-0.4, -0.2) is 25.6 Å². The number of rotatable bonds is 3. The predicted octanol–water partition coefficient (Wildman–Crippen LogP) is 2.46. The Balaban J connectivity index is 2.01. The van der Waals surface area contributed by atoms with Crippen molar-refractivity contribution in [1.29, 1.82) is 0 Å². The highest BCUT2D eigenvalue weighted by atomic mass is 32.2. The van der Waals surface area contributed by atoms with Crippen molar-refractivity contribution in [3.8, 4) is 0 Å². The van der Waals surface area contributed by atoms with Crippen molar-refractivity contribution >= 4 is 34.3 Å². The van der Waals surface area contributed by atoms with Gasteiger partial charge in [0.15, 0.2) is 16.4 Å². The van der Waals surface area contributed by atoms with Crippen LogP contribution in [0.4, 0.5) is 0 Å². The topological polar surface area (TPSA) is 60.2 Å². The molecule has 0 amide bonds. The number of carbonyl (C=O) groups excluding carboxylic acids is 1. The van der Waals surface area contributed by atoms with E-state index < -0.39 is 0 Å². The van der Waals surface area contributed by atoms with E-state index in [1.807, 2.05) is 18.5 Å². The maximum atomic E-state index is 11.1. The van der Waals surface area contributed by atoms with Gasteiger partial charge in [0.05, 0.1) is 0 Å². The second-order valence-electron chi connectivity index (χ2n) is 3.62. The molecule has 0 aliphatic heterocycles. The standard InChI is InChI=1S/C11H8N4OS2/c1-7-4-12-10(13-5-7)18-9-8(6-16)15-2-3-17-11(15)14-9/h2-6H,1H3. The van der Waals surface area contributed by atoms with Crippen LogP contribution in [0.25, 0.3) is 4.96 Å². The molecular formula is C11H8N4OS2. The van der Waals surface area contributed by atoms with Gasteiger partial charge in [0.1, 0.15) is 10.7 Å². The molecule has 0 aliphatic carbocycles. The minimum Gasteiger partial charge on any atom is -0.296 e. The molecule has 0 spiro atoms. The van der Waals surface area contributed by atoms with Crippen molar-refractivity contribution in [1.82, 2.24) is 19.4 Å². The molecule has 3 aromatic rings. The lowest BCUT2D eigenvalue weighted by Crippen LogP contribution is -1.91. The van der Waals surface area contributed by atoms with Gasteiger partial charge in [0.2, 0.25) is 0 Å². The summed E-state index contributed by atoms with van der Waals surface area (Å²) in [5, 5.41) is 3.13. The third-order valence-corrected chi connectivity index (χ3v) is 3.97. The van der Waals surface area contributed by atoms with Crippen molar-refractivity contribution in [3.63, 3.8) is 0 Å². The molecule has 0 saturated carbocycles. The van der Waals surface area contributed by atoms with Gasteiger partial charge in [-0.2, -0.15) is 0 Å². The first-order valence-electron chi connectivity index (χ1n) is 5.15. The van der Waals surface area contributed by atoms with E-state index >= 15 is 0 Å². The lowest BCUT2D eigenvalue weighted by atomic mass is 10.4. The van der Waals surface area contributed by atoms with Gasteiger partial charge < -0.3 is 0 Å². The number of imidazole rings is 1. The van der Waals surface area contributed by atoms with Crippen LogP contribution in [0.1, 0.15) is 16.1 Å². The quantitative estimate of drug-likeness (QED) is 0.543. The Morgan fingerprint density at radius 1 is 1.39 bits per heavy atom. The first-order chi connectivity index (χ1) is 8.78. The first kappa shape index (κ1) is 11.4. The number of hydrogen-bond acceptors (Lipinski definition) is 6. The summed E-state index contributed by atoms with van der Waals surface area (Å²) in [6.45, 7) is 1.93. The molecule has 0 fully saturated rings. The van der Waals surface area contributed by atoms with E-state index in [9.17, 15) is 4.79 Å². The van der Waals surface area contributed by atoms with Gasteiger partial charge in [-0.15, -0.1) is 11.3 Å². The smallest absolute Gasteiger partial charge is 0.195 e. The zero-order valence-electron chi connectivity index (χ0n) is 9.40. The van der Waals surface area contributed by atoms with Crippen molar-refractivity contribution < 1.29 is 4.79 Å². The lowest BCUT2D eigenvalue weighted by Gasteiger charge is -1.97. The number of nitrogens with zero attached hydrogens (tertiary/aromatic N) is 4. The third kappa shape index (κ3) is 1.91. The van der Waals surface area contributed by atoms with Crippen molar-refractivity contribution in [2.75, 3.05) is 0 Å². The minimum absolute atomic E-state index is 0.542. The number of fused-ring (bicyclic) bond motifs is 1. The van der Waals surface area contributed by atoms with Crippen LogP contribution in [0, 0.1) is 6.92 Å².